The van der Waals surface area contributed by atoms with Crippen LogP contribution < -0.4 is 15.5 Å². The molecule has 4 aromatic heterocycles. The number of anilines is 3. The third kappa shape index (κ3) is 5.17. The van der Waals surface area contributed by atoms with Crippen molar-refractivity contribution < 1.29 is 4.74 Å². The number of nitrogens with two attached hydrogens (primary N) is 1. The summed E-state index contributed by atoms with van der Waals surface area (Å²) in [6, 6.07) is 18.6. The Morgan fingerprint density at radius 1 is 0.756 bits per heavy atom. The van der Waals surface area contributed by atoms with E-state index in [0.717, 1.165) is 85.7 Å². The third-order valence-electron chi connectivity index (χ3n) is 7.77. The minimum absolute atomic E-state index is 0.440. The molecule has 5 aromatic rings. The fourth-order valence-corrected chi connectivity index (χ4v) is 5.56. The lowest BCUT2D eigenvalue weighted by Gasteiger charge is -2.35. The highest BCUT2D eigenvalue weighted by Gasteiger charge is 2.21. The van der Waals surface area contributed by atoms with Gasteiger partial charge in [0.25, 0.3) is 0 Å². The topological polar surface area (TPSA) is 114 Å². The molecule has 11 nitrogen and oxygen atoms in total. The van der Waals surface area contributed by atoms with Gasteiger partial charge in [-0.3, -0.25) is 9.47 Å². The summed E-state index contributed by atoms with van der Waals surface area (Å²) < 4.78 is 7.64. The lowest BCUT2D eigenvalue weighted by atomic mass is 10.1. The maximum atomic E-state index is 6.32. The quantitative estimate of drug-likeness (QED) is 0.340. The summed E-state index contributed by atoms with van der Waals surface area (Å²) in [7, 11) is 0. The average molecular weight is 549 g/mol. The maximum Gasteiger partial charge on any atom is 0.167 e. The second kappa shape index (κ2) is 11.1. The minimum Gasteiger partial charge on any atom is -0.383 e. The van der Waals surface area contributed by atoms with Crippen LogP contribution in [0.4, 0.5) is 17.5 Å². The van der Waals surface area contributed by atoms with E-state index < -0.39 is 0 Å². The zero-order valence-corrected chi connectivity index (χ0v) is 22.8. The van der Waals surface area contributed by atoms with E-state index in [-0.39, 0.29) is 0 Å². The van der Waals surface area contributed by atoms with Crippen LogP contribution in [0.3, 0.4) is 0 Å². The molecule has 2 saturated heterocycles. The van der Waals surface area contributed by atoms with Crippen molar-refractivity contribution in [3.05, 3.63) is 78.9 Å². The van der Waals surface area contributed by atoms with Crippen molar-refractivity contribution in [1.82, 2.24) is 34.4 Å². The molecule has 0 atom stereocenters. The molecule has 0 saturated carbocycles. The molecule has 2 aliphatic rings. The standard InChI is InChI=1S/C30H32N10O/c31-28-24(2-1-10-33-28)29-35-25-7-8-27(39-16-18-41-19-17-39)36-30(25)40(29)23-5-3-22(4-6-23)20-37-12-14-38(15-13-37)26-9-11-32-21-34-26/h1-11,21H,12-20H2,(H2,31,33). The predicted molar refractivity (Wildman–Crippen MR) is 159 cm³/mol. The Kier molecular flexibility index (Phi) is 6.87. The van der Waals surface area contributed by atoms with Gasteiger partial charge in [-0.1, -0.05) is 12.1 Å². The molecule has 2 N–H and O–H groups in total. The second-order valence-electron chi connectivity index (χ2n) is 10.3. The maximum absolute atomic E-state index is 6.32. The Morgan fingerprint density at radius 3 is 2.32 bits per heavy atom. The molecule has 208 valence electrons. The van der Waals surface area contributed by atoms with Gasteiger partial charge in [-0.15, -0.1) is 0 Å². The summed E-state index contributed by atoms with van der Waals surface area (Å²) in [4.78, 5) is 29.9. The van der Waals surface area contributed by atoms with E-state index in [1.54, 1.807) is 18.7 Å². The lowest BCUT2D eigenvalue weighted by molar-refractivity contribution is 0.122. The SMILES string of the molecule is Nc1ncccc1-c1nc2ccc(N3CCOCC3)nc2n1-c1ccc(CN2CCN(c3ccncn3)CC2)cc1. The summed E-state index contributed by atoms with van der Waals surface area (Å²) in [6.45, 7) is 7.79. The van der Waals surface area contributed by atoms with Gasteiger partial charge in [-0.05, 0) is 48.0 Å². The Balaban J connectivity index is 1.17. The van der Waals surface area contributed by atoms with E-state index in [9.17, 15) is 0 Å². The van der Waals surface area contributed by atoms with Gasteiger partial charge in [0.15, 0.2) is 11.5 Å². The number of fused-ring (bicyclic) bond motifs is 1. The number of ether oxygens (including phenoxy) is 1. The van der Waals surface area contributed by atoms with Crippen LogP contribution in [0.15, 0.2) is 73.3 Å². The van der Waals surface area contributed by atoms with Gasteiger partial charge in [0.2, 0.25) is 0 Å². The van der Waals surface area contributed by atoms with Gasteiger partial charge in [-0.2, -0.15) is 0 Å². The number of rotatable bonds is 6. The molecule has 2 aliphatic heterocycles. The number of benzene rings is 1. The molecule has 6 heterocycles. The molecule has 1 aromatic carbocycles. The van der Waals surface area contributed by atoms with E-state index in [0.29, 0.717) is 19.0 Å². The van der Waals surface area contributed by atoms with Gasteiger partial charge in [0.05, 0.1) is 18.8 Å². The van der Waals surface area contributed by atoms with E-state index in [1.807, 2.05) is 30.3 Å². The van der Waals surface area contributed by atoms with Crippen LogP contribution in [-0.4, -0.2) is 86.9 Å². The molecule has 0 amide bonds. The van der Waals surface area contributed by atoms with Crippen molar-refractivity contribution in [2.24, 2.45) is 0 Å². The molecule has 0 spiro atoms. The number of nitrogens with zero attached hydrogens (tertiary/aromatic N) is 9. The Labute approximate surface area is 238 Å². The van der Waals surface area contributed by atoms with Crippen molar-refractivity contribution in [3.8, 4) is 17.1 Å². The second-order valence-corrected chi connectivity index (χ2v) is 10.3. The highest BCUT2D eigenvalue weighted by Crippen LogP contribution is 2.31. The Morgan fingerprint density at radius 2 is 1.56 bits per heavy atom. The van der Waals surface area contributed by atoms with E-state index in [2.05, 4.69) is 58.5 Å². The van der Waals surface area contributed by atoms with Gasteiger partial charge in [0.1, 0.15) is 29.3 Å². The van der Waals surface area contributed by atoms with Gasteiger partial charge in [0, 0.05) is 63.9 Å². The Hall–Kier alpha value is -4.61. The van der Waals surface area contributed by atoms with Crippen LogP contribution in [-0.2, 0) is 11.3 Å². The molecule has 7 rings (SSSR count). The van der Waals surface area contributed by atoms with E-state index >= 15 is 0 Å². The summed E-state index contributed by atoms with van der Waals surface area (Å²) in [5.74, 6) is 3.08. The molecule has 41 heavy (non-hydrogen) atoms. The molecule has 11 heteroatoms. The van der Waals surface area contributed by atoms with Crippen LogP contribution in [0.5, 0.6) is 0 Å². The number of imidazole rings is 1. The molecular formula is C30H32N10O. The zero-order chi connectivity index (χ0) is 27.6. The number of pyridine rings is 2. The van der Waals surface area contributed by atoms with Crippen LogP contribution in [0, 0.1) is 0 Å². The summed E-state index contributed by atoms with van der Waals surface area (Å²) in [5, 5.41) is 0. The molecular weight excluding hydrogens is 516 g/mol. The molecule has 0 bridgehead atoms. The van der Waals surface area contributed by atoms with Crippen molar-refractivity contribution in [2.75, 3.05) is 68.0 Å². The summed E-state index contributed by atoms with van der Waals surface area (Å²) in [5.41, 5.74) is 10.9. The first kappa shape index (κ1) is 25.4. The first-order valence-corrected chi connectivity index (χ1v) is 14.0. The van der Waals surface area contributed by atoms with Crippen molar-refractivity contribution in [1.29, 1.82) is 0 Å². The number of piperazine rings is 1. The van der Waals surface area contributed by atoms with Crippen molar-refractivity contribution >= 4 is 28.6 Å². The smallest absolute Gasteiger partial charge is 0.167 e. The highest BCUT2D eigenvalue weighted by atomic mass is 16.5. The average Bonchev–Trinajstić information content (AvgIpc) is 3.41. The number of hydrogen-bond acceptors (Lipinski definition) is 10. The van der Waals surface area contributed by atoms with Gasteiger partial charge in [-0.25, -0.2) is 24.9 Å². The predicted octanol–water partition coefficient (Wildman–Crippen LogP) is 3.01. The first-order chi connectivity index (χ1) is 20.2. The summed E-state index contributed by atoms with van der Waals surface area (Å²) in [6.07, 6.45) is 5.11. The lowest BCUT2D eigenvalue weighted by Crippen LogP contribution is -2.46. The third-order valence-corrected chi connectivity index (χ3v) is 7.77. The van der Waals surface area contributed by atoms with Crippen molar-refractivity contribution in [2.45, 2.75) is 6.54 Å². The van der Waals surface area contributed by atoms with Crippen LogP contribution in [0.1, 0.15) is 5.56 Å². The molecule has 0 unspecified atom stereocenters. The summed E-state index contributed by atoms with van der Waals surface area (Å²) >= 11 is 0. The number of hydrogen-bond donors (Lipinski definition) is 1. The van der Waals surface area contributed by atoms with Gasteiger partial charge < -0.3 is 20.3 Å². The number of aromatic nitrogens is 6. The Bertz CT molecular complexity index is 1630. The fraction of sp³-hybridized carbons (Fsp3) is 0.300. The molecule has 0 radical (unpaired) electrons. The highest BCUT2D eigenvalue weighted by molar-refractivity contribution is 5.83. The van der Waals surface area contributed by atoms with Crippen LogP contribution >= 0.6 is 0 Å². The first-order valence-electron chi connectivity index (χ1n) is 14.0. The van der Waals surface area contributed by atoms with E-state index in [4.69, 9.17) is 20.4 Å². The van der Waals surface area contributed by atoms with Crippen LogP contribution in [0.2, 0.25) is 0 Å². The normalized spacial score (nSPS) is 16.4. The van der Waals surface area contributed by atoms with E-state index in [1.165, 1.54) is 5.56 Å². The van der Waals surface area contributed by atoms with Gasteiger partial charge >= 0.3 is 0 Å². The number of nitrogen functional groups attached to an aromatic ring is 1. The largest absolute Gasteiger partial charge is 0.383 e. The molecule has 0 aliphatic carbocycles. The monoisotopic (exact) mass is 548 g/mol. The van der Waals surface area contributed by atoms with Crippen LogP contribution in [0.25, 0.3) is 28.2 Å². The molecule has 2 fully saturated rings. The zero-order valence-electron chi connectivity index (χ0n) is 22.8. The fourth-order valence-electron chi connectivity index (χ4n) is 5.56. The minimum atomic E-state index is 0.440. The van der Waals surface area contributed by atoms with Crippen molar-refractivity contribution in [3.63, 3.8) is 0 Å². The number of morpholine rings is 1.